The van der Waals surface area contributed by atoms with Crippen LogP contribution in [0.15, 0.2) is 18.3 Å². The molecule has 1 rings (SSSR count). The molecule has 3 N–H and O–H groups in total. The topological polar surface area (TPSA) is 68.0 Å². The van der Waals surface area contributed by atoms with Gasteiger partial charge in [0.05, 0.1) is 0 Å². The predicted octanol–water partition coefficient (Wildman–Crippen LogP) is 1.46. The van der Waals surface area contributed by atoms with Crippen LogP contribution in [0.2, 0.25) is 0 Å². The van der Waals surface area contributed by atoms with Gasteiger partial charge in [-0.15, -0.1) is 0 Å². The van der Waals surface area contributed by atoms with Crippen LogP contribution in [0, 0.1) is 0 Å². The van der Waals surface area contributed by atoms with Crippen LogP contribution in [-0.2, 0) is 6.54 Å². The maximum absolute atomic E-state index is 11.7. The van der Waals surface area contributed by atoms with Gasteiger partial charge in [0, 0.05) is 18.8 Å². The Morgan fingerprint density at radius 1 is 1.56 bits per heavy atom. The quantitative estimate of drug-likeness (QED) is 0.791. The molecule has 1 aromatic rings. The minimum Gasteiger partial charge on any atom is -0.348 e. The number of amides is 1. The highest BCUT2D eigenvalue weighted by molar-refractivity contribution is 5.92. The van der Waals surface area contributed by atoms with Crippen molar-refractivity contribution in [3.8, 4) is 0 Å². The second-order valence-corrected chi connectivity index (χ2v) is 3.92. The lowest BCUT2D eigenvalue weighted by Gasteiger charge is -2.12. The molecule has 0 bridgehead atoms. The molecule has 0 aliphatic rings. The van der Waals surface area contributed by atoms with Gasteiger partial charge in [0.15, 0.2) is 0 Å². The summed E-state index contributed by atoms with van der Waals surface area (Å²) in [7, 11) is 0. The highest BCUT2D eigenvalue weighted by atomic mass is 16.1. The van der Waals surface area contributed by atoms with Crippen LogP contribution < -0.4 is 11.1 Å². The third-order valence-corrected chi connectivity index (χ3v) is 2.39. The minimum absolute atomic E-state index is 0.121. The van der Waals surface area contributed by atoms with Crippen molar-refractivity contribution in [1.29, 1.82) is 0 Å². The average molecular weight is 221 g/mol. The summed E-state index contributed by atoms with van der Waals surface area (Å²) in [5.41, 5.74) is 6.83. The number of pyridine rings is 1. The third-order valence-electron chi connectivity index (χ3n) is 2.39. The maximum atomic E-state index is 11.7. The fraction of sp³-hybridized carbons (Fsp3) is 0.500. The number of nitrogens with one attached hydrogen (secondary N) is 1. The number of carbonyl (C=O) groups is 1. The van der Waals surface area contributed by atoms with Crippen molar-refractivity contribution in [2.75, 3.05) is 0 Å². The molecular formula is C12H19N3O. The number of rotatable bonds is 5. The lowest BCUT2D eigenvalue weighted by atomic mass is 10.2. The molecule has 1 unspecified atom stereocenters. The summed E-state index contributed by atoms with van der Waals surface area (Å²) in [4.78, 5) is 15.8. The van der Waals surface area contributed by atoms with Crippen LogP contribution in [0.4, 0.5) is 0 Å². The van der Waals surface area contributed by atoms with Crippen molar-refractivity contribution < 1.29 is 4.79 Å². The SMILES string of the molecule is CCCC(C)NC(=O)c1ccc(CN)cn1. The van der Waals surface area contributed by atoms with Crippen molar-refractivity contribution >= 4 is 5.91 Å². The average Bonchev–Trinajstić information content (AvgIpc) is 2.29. The van der Waals surface area contributed by atoms with Crippen molar-refractivity contribution in [3.05, 3.63) is 29.6 Å². The molecule has 0 radical (unpaired) electrons. The van der Waals surface area contributed by atoms with Crippen LogP contribution in [0.1, 0.15) is 42.7 Å². The number of hydrogen-bond acceptors (Lipinski definition) is 3. The molecule has 1 atom stereocenters. The van der Waals surface area contributed by atoms with E-state index >= 15 is 0 Å². The Bertz CT molecular complexity index is 335. The summed E-state index contributed by atoms with van der Waals surface area (Å²) in [5, 5.41) is 2.90. The third kappa shape index (κ3) is 3.62. The van der Waals surface area contributed by atoms with Gasteiger partial charge in [-0.3, -0.25) is 9.78 Å². The van der Waals surface area contributed by atoms with E-state index in [0.29, 0.717) is 12.2 Å². The Kier molecular flexibility index (Phi) is 4.92. The summed E-state index contributed by atoms with van der Waals surface area (Å²) in [6.45, 7) is 4.54. The normalized spacial score (nSPS) is 12.2. The van der Waals surface area contributed by atoms with Gasteiger partial charge >= 0.3 is 0 Å². The fourth-order valence-electron chi connectivity index (χ4n) is 1.48. The van der Waals surface area contributed by atoms with Gasteiger partial charge < -0.3 is 11.1 Å². The molecule has 0 fully saturated rings. The van der Waals surface area contributed by atoms with Gasteiger partial charge in [-0.1, -0.05) is 19.4 Å². The molecule has 1 aromatic heterocycles. The predicted molar refractivity (Wildman–Crippen MR) is 64.0 cm³/mol. The number of nitrogens with two attached hydrogens (primary N) is 1. The molecule has 0 saturated carbocycles. The van der Waals surface area contributed by atoms with Crippen molar-refractivity contribution in [2.45, 2.75) is 39.3 Å². The first kappa shape index (κ1) is 12.6. The first-order chi connectivity index (χ1) is 7.67. The second-order valence-electron chi connectivity index (χ2n) is 3.92. The number of carbonyl (C=O) groups excluding carboxylic acids is 1. The molecule has 0 spiro atoms. The molecular weight excluding hydrogens is 202 g/mol. The Morgan fingerprint density at radius 2 is 2.31 bits per heavy atom. The smallest absolute Gasteiger partial charge is 0.270 e. The highest BCUT2D eigenvalue weighted by Gasteiger charge is 2.09. The van der Waals surface area contributed by atoms with E-state index in [4.69, 9.17) is 5.73 Å². The Hall–Kier alpha value is -1.42. The van der Waals surface area contributed by atoms with E-state index < -0.39 is 0 Å². The number of hydrogen-bond donors (Lipinski definition) is 2. The molecule has 0 aliphatic carbocycles. The highest BCUT2D eigenvalue weighted by Crippen LogP contribution is 2.01. The zero-order chi connectivity index (χ0) is 12.0. The van der Waals surface area contributed by atoms with Crippen LogP contribution >= 0.6 is 0 Å². The molecule has 88 valence electrons. The van der Waals surface area contributed by atoms with Gasteiger partial charge in [-0.05, 0) is 25.0 Å². The van der Waals surface area contributed by atoms with E-state index in [9.17, 15) is 4.79 Å². The lowest BCUT2D eigenvalue weighted by molar-refractivity contribution is 0.0933. The molecule has 0 aromatic carbocycles. The molecule has 0 aliphatic heterocycles. The van der Waals surface area contributed by atoms with Crippen molar-refractivity contribution in [2.24, 2.45) is 5.73 Å². The summed E-state index contributed by atoms with van der Waals surface area (Å²) in [6, 6.07) is 3.72. The van der Waals surface area contributed by atoms with E-state index in [1.807, 2.05) is 13.0 Å². The van der Waals surface area contributed by atoms with Gasteiger partial charge in [0.1, 0.15) is 5.69 Å². The van der Waals surface area contributed by atoms with Gasteiger partial charge in [0.25, 0.3) is 5.91 Å². The summed E-state index contributed by atoms with van der Waals surface area (Å²) in [5.74, 6) is -0.121. The largest absolute Gasteiger partial charge is 0.348 e. The Balaban J connectivity index is 2.59. The van der Waals surface area contributed by atoms with Gasteiger partial charge in [-0.2, -0.15) is 0 Å². The zero-order valence-corrected chi connectivity index (χ0v) is 9.86. The van der Waals surface area contributed by atoms with Gasteiger partial charge in [-0.25, -0.2) is 0 Å². The summed E-state index contributed by atoms with van der Waals surface area (Å²) in [6.07, 6.45) is 3.67. The van der Waals surface area contributed by atoms with E-state index in [-0.39, 0.29) is 11.9 Å². The molecule has 4 heteroatoms. The van der Waals surface area contributed by atoms with Crippen LogP contribution in [-0.4, -0.2) is 16.9 Å². The summed E-state index contributed by atoms with van der Waals surface area (Å²) < 4.78 is 0. The lowest BCUT2D eigenvalue weighted by Crippen LogP contribution is -2.32. The molecule has 1 heterocycles. The van der Waals surface area contributed by atoms with E-state index in [2.05, 4.69) is 17.2 Å². The van der Waals surface area contributed by atoms with Crippen LogP contribution in [0.25, 0.3) is 0 Å². The Morgan fingerprint density at radius 3 is 2.81 bits per heavy atom. The number of aromatic nitrogens is 1. The zero-order valence-electron chi connectivity index (χ0n) is 9.86. The first-order valence-electron chi connectivity index (χ1n) is 5.63. The molecule has 4 nitrogen and oxygen atoms in total. The van der Waals surface area contributed by atoms with E-state index in [1.165, 1.54) is 0 Å². The fourth-order valence-corrected chi connectivity index (χ4v) is 1.48. The monoisotopic (exact) mass is 221 g/mol. The first-order valence-corrected chi connectivity index (χ1v) is 5.63. The van der Waals surface area contributed by atoms with Gasteiger partial charge in [0.2, 0.25) is 0 Å². The molecule has 16 heavy (non-hydrogen) atoms. The maximum Gasteiger partial charge on any atom is 0.270 e. The van der Waals surface area contributed by atoms with E-state index in [0.717, 1.165) is 18.4 Å². The van der Waals surface area contributed by atoms with E-state index in [1.54, 1.807) is 12.3 Å². The van der Waals surface area contributed by atoms with Crippen LogP contribution in [0.3, 0.4) is 0 Å². The summed E-state index contributed by atoms with van der Waals surface area (Å²) >= 11 is 0. The van der Waals surface area contributed by atoms with Crippen molar-refractivity contribution in [3.63, 3.8) is 0 Å². The van der Waals surface area contributed by atoms with Crippen LogP contribution in [0.5, 0.6) is 0 Å². The Labute approximate surface area is 96.3 Å². The minimum atomic E-state index is -0.121. The molecule has 0 saturated heterocycles. The second kappa shape index (κ2) is 6.23. The number of nitrogens with zero attached hydrogens (tertiary/aromatic N) is 1. The van der Waals surface area contributed by atoms with Crippen molar-refractivity contribution in [1.82, 2.24) is 10.3 Å². The standard InChI is InChI=1S/C12H19N3O/c1-3-4-9(2)15-12(16)11-6-5-10(7-13)8-14-11/h5-6,8-9H,3-4,7,13H2,1-2H3,(H,15,16). The molecule has 1 amide bonds.